The second kappa shape index (κ2) is 5.78. The summed E-state index contributed by atoms with van der Waals surface area (Å²) in [6.07, 6.45) is 2.48. The summed E-state index contributed by atoms with van der Waals surface area (Å²) in [6.45, 7) is 6.58. The lowest BCUT2D eigenvalue weighted by Crippen LogP contribution is -2.26. The average Bonchev–Trinajstić information content (AvgIpc) is 2.99. The maximum atomic E-state index is 10.9. The van der Waals surface area contributed by atoms with E-state index in [2.05, 4.69) is 13.5 Å². The van der Waals surface area contributed by atoms with Crippen molar-refractivity contribution in [3.8, 4) is 0 Å². The number of ether oxygens (including phenoxy) is 3. The van der Waals surface area contributed by atoms with Crippen LogP contribution in [0.25, 0.3) is 0 Å². The van der Waals surface area contributed by atoms with Crippen LogP contribution in [0.5, 0.6) is 0 Å². The van der Waals surface area contributed by atoms with Crippen molar-refractivity contribution >= 4 is 5.97 Å². The molecule has 0 amide bonds. The average molecular weight is 200 g/mol. The molecule has 2 atom stereocenters. The van der Waals surface area contributed by atoms with Crippen molar-refractivity contribution < 1.29 is 19.0 Å². The van der Waals surface area contributed by atoms with Crippen molar-refractivity contribution in [3.63, 3.8) is 0 Å². The van der Waals surface area contributed by atoms with E-state index in [1.54, 1.807) is 0 Å². The molecule has 0 aromatic rings. The lowest BCUT2D eigenvalue weighted by molar-refractivity contribution is -0.177. The molecule has 1 aliphatic rings. The molecule has 0 bridgehead atoms. The summed E-state index contributed by atoms with van der Waals surface area (Å²) < 4.78 is 15.3. The molecule has 1 heterocycles. The molecule has 1 saturated heterocycles. The Labute approximate surface area is 83.8 Å². The van der Waals surface area contributed by atoms with Crippen LogP contribution in [0.2, 0.25) is 0 Å². The van der Waals surface area contributed by atoms with Gasteiger partial charge in [-0.2, -0.15) is 0 Å². The van der Waals surface area contributed by atoms with E-state index in [1.165, 1.54) is 0 Å². The number of hydrogen-bond acceptors (Lipinski definition) is 4. The van der Waals surface area contributed by atoms with E-state index in [4.69, 9.17) is 14.2 Å². The summed E-state index contributed by atoms with van der Waals surface area (Å²) in [5.74, 6) is -0.470. The van der Waals surface area contributed by atoms with Gasteiger partial charge in [0.15, 0.2) is 0 Å². The third kappa shape index (κ3) is 3.89. The third-order valence-electron chi connectivity index (χ3n) is 1.84. The predicted octanol–water partition coefficient (Wildman–Crippen LogP) is 1.26. The summed E-state index contributed by atoms with van der Waals surface area (Å²) in [6, 6.07) is 0. The van der Waals surface area contributed by atoms with Crippen LogP contribution in [0.1, 0.15) is 19.8 Å². The summed E-state index contributed by atoms with van der Waals surface area (Å²) in [4.78, 5) is 10.9. The maximum Gasteiger partial charge on any atom is 0.332 e. The van der Waals surface area contributed by atoms with Gasteiger partial charge < -0.3 is 14.2 Å². The molecular weight excluding hydrogens is 184 g/mol. The number of epoxide rings is 1. The highest BCUT2D eigenvalue weighted by Gasteiger charge is 2.36. The van der Waals surface area contributed by atoms with Crippen molar-refractivity contribution in [2.24, 2.45) is 0 Å². The zero-order valence-electron chi connectivity index (χ0n) is 8.40. The number of rotatable bonds is 7. The van der Waals surface area contributed by atoms with Gasteiger partial charge in [0.05, 0.1) is 13.2 Å². The van der Waals surface area contributed by atoms with Gasteiger partial charge in [-0.3, -0.25) is 0 Å². The Balaban J connectivity index is 2.24. The fraction of sp³-hybridized carbons (Fsp3) is 0.700. The van der Waals surface area contributed by atoms with E-state index in [0.717, 1.165) is 18.9 Å². The van der Waals surface area contributed by atoms with E-state index in [9.17, 15) is 4.79 Å². The summed E-state index contributed by atoms with van der Waals surface area (Å²) >= 11 is 0. The van der Waals surface area contributed by atoms with Crippen LogP contribution in [0.3, 0.4) is 0 Å². The van der Waals surface area contributed by atoms with Gasteiger partial charge in [0.1, 0.15) is 6.10 Å². The topological polar surface area (TPSA) is 48.1 Å². The highest BCUT2D eigenvalue weighted by atomic mass is 16.7. The van der Waals surface area contributed by atoms with Gasteiger partial charge in [-0.25, -0.2) is 4.79 Å². The largest absolute Gasteiger partial charge is 0.430 e. The number of esters is 1. The van der Waals surface area contributed by atoms with Crippen molar-refractivity contribution in [2.45, 2.75) is 32.2 Å². The quantitative estimate of drug-likeness (QED) is 0.204. The fourth-order valence-electron chi connectivity index (χ4n) is 0.936. The van der Waals surface area contributed by atoms with Crippen LogP contribution in [-0.4, -0.2) is 31.6 Å². The zero-order chi connectivity index (χ0) is 10.4. The number of carbonyl (C=O) groups excluding carboxylic acids is 1. The molecule has 80 valence electrons. The van der Waals surface area contributed by atoms with Gasteiger partial charge in [0.2, 0.25) is 6.29 Å². The van der Waals surface area contributed by atoms with Crippen LogP contribution >= 0.6 is 0 Å². The Bertz CT molecular complexity index is 198. The van der Waals surface area contributed by atoms with Crippen LogP contribution in [0.4, 0.5) is 0 Å². The smallest absolute Gasteiger partial charge is 0.332 e. The molecule has 0 aromatic heterocycles. The first kappa shape index (κ1) is 11.2. The Kier molecular flexibility index (Phi) is 4.62. The molecule has 1 fully saturated rings. The van der Waals surface area contributed by atoms with E-state index in [-0.39, 0.29) is 6.10 Å². The molecule has 4 nitrogen and oxygen atoms in total. The van der Waals surface area contributed by atoms with Crippen molar-refractivity contribution in [1.29, 1.82) is 0 Å². The predicted molar refractivity (Wildman–Crippen MR) is 50.7 cm³/mol. The minimum Gasteiger partial charge on any atom is -0.430 e. The molecule has 1 rings (SSSR count). The molecule has 0 spiro atoms. The van der Waals surface area contributed by atoms with Crippen LogP contribution in [-0.2, 0) is 19.0 Å². The summed E-state index contributed by atoms with van der Waals surface area (Å²) in [5.41, 5.74) is 0. The molecule has 0 aromatic carbocycles. The highest BCUT2D eigenvalue weighted by molar-refractivity contribution is 5.81. The Hall–Kier alpha value is -0.870. The third-order valence-corrected chi connectivity index (χ3v) is 1.84. The Morgan fingerprint density at radius 3 is 3.00 bits per heavy atom. The number of hydrogen-bond donors (Lipinski definition) is 0. The van der Waals surface area contributed by atoms with Crippen LogP contribution in [0, 0.1) is 0 Å². The first-order chi connectivity index (χ1) is 6.77. The summed E-state index contributed by atoms with van der Waals surface area (Å²) in [7, 11) is 0. The number of carbonyl (C=O) groups is 1. The Morgan fingerprint density at radius 2 is 2.50 bits per heavy atom. The molecule has 1 aliphatic heterocycles. The van der Waals surface area contributed by atoms with Gasteiger partial charge in [0, 0.05) is 6.08 Å². The first-order valence-corrected chi connectivity index (χ1v) is 4.84. The lowest BCUT2D eigenvalue weighted by atomic mass is 10.3. The first-order valence-electron chi connectivity index (χ1n) is 4.84. The SMILES string of the molecule is C=CC(=O)OC(OCCCC)C1CO1. The summed E-state index contributed by atoms with van der Waals surface area (Å²) in [5, 5.41) is 0. The number of unbranched alkanes of at least 4 members (excludes halogenated alkanes) is 1. The monoisotopic (exact) mass is 200 g/mol. The fourth-order valence-corrected chi connectivity index (χ4v) is 0.936. The minimum absolute atomic E-state index is 0.0873. The minimum atomic E-state index is -0.563. The van der Waals surface area contributed by atoms with E-state index >= 15 is 0 Å². The normalized spacial score (nSPS) is 21.4. The van der Waals surface area contributed by atoms with E-state index in [1.807, 2.05) is 0 Å². The Morgan fingerprint density at radius 1 is 1.79 bits per heavy atom. The molecule has 0 N–H and O–H groups in total. The van der Waals surface area contributed by atoms with Gasteiger partial charge >= 0.3 is 5.97 Å². The van der Waals surface area contributed by atoms with Gasteiger partial charge in [-0.05, 0) is 6.42 Å². The lowest BCUT2D eigenvalue weighted by Gasteiger charge is -2.14. The molecule has 0 saturated carbocycles. The van der Waals surface area contributed by atoms with E-state index < -0.39 is 12.3 Å². The molecule has 2 unspecified atom stereocenters. The molecule has 0 radical (unpaired) electrons. The van der Waals surface area contributed by atoms with E-state index in [0.29, 0.717) is 13.2 Å². The second-order valence-corrected chi connectivity index (χ2v) is 3.11. The van der Waals surface area contributed by atoms with Crippen molar-refractivity contribution in [2.75, 3.05) is 13.2 Å². The van der Waals surface area contributed by atoms with Gasteiger partial charge in [0.25, 0.3) is 0 Å². The highest BCUT2D eigenvalue weighted by Crippen LogP contribution is 2.18. The zero-order valence-corrected chi connectivity index (χ0v) is 8.40. The van der Waals surface area contributed by atoms with Gasteiger partial charge in [-0.15, -0.1) is 0 Å². The van der Waals surface area contributed by atoms with Crippen molar-refractivity contribution in [3.05, 3.63) is 12.7 Å². The standard InChI is InChI=1S/C10H16O4/c1-3-5-6-12-10(8-7-13-8)14-9(11)4-2/h4,8,10H,2-3,5-7H2,1H3. The second-order valence-electron chi connectivity index (χ2n) is 3.11. The molecule has 0 aliphatic carbocycles. The van der Waals surface area contributed by atoms with Crippen LogP contribution < -0.4 is 0 Å². The molecule has 14 heavy (non-hydrogen) atoms. The molecular formula is C10H16O4. The van der Waals surface area contributed by atoms with Crippen LogP contribution in [0.15, 0.2) is 12.7 Å². The molecule has 4 heteroatoms. The van der Waals surface area contributed by atoms with Crippen molar-refractivity contribution in [1.82, 2.24) is 0 Å². The maximum absolute atomic E-state index is 10.9. The van der Waals surface area contributed by atoms with Gasteiger partial charge in [-0.1, -0.05) is 19.9 Å².